The molecule has 0 aromatic carbocycles. The molecular weight excluding hydrogens is 222 g/mol. The first kappa shape index (κ1) is 13.6. The Morgan fingerprint density at radius 1 is 1.59 bits per heavy atom. The molecule has 17 heavy (non-hydrogen) atoms. The Morgan fingerprint density at radius 2 is 2.29 bits per heavy atom. The molecule has 0 bridgehead atoms. The molecule has 6 nitrogen and oxygen atoms in total. The van der Waals surface area contributed by atoms with Gasteiger partial charge in [0.2, 0.25) is 0 Å². The highest BCUT2D eigenvalue weighted by atomic mass is 16.5. The van der Waals surface area contributed by atoms with Crippen LogP contribution in [-0.4, -0.2) is 39.8 Å². The van der Waals surface area contributed by atoms with Crippen molar-refractivity contribution in [2.75, 3.05) is 13.7 Å². The molecule has 0 radical (unpaired) electrons. The van der Waals surface area contributed by atoms with Gasteiger partial charge in [0.1, 0.15) is 0 Å². The van der Waals surface area contributed by atoms with E-state index in [-0.39, 0.29) is 12.5 Å². The van der Waals surface area contributed by atoms with Crippen LogP contribution in [0.15, 0.2) is 0 Å². The molecule has 0 amide bonds. The van der Waals surface area contributed by atoms with Crippen molar-refractivity contribution in [3.8, 4) is 0 Å². The van der Waals surface area contributed by atoms with Crippen molar-refractivity contribution in [2.45, 2.75) is 39.2 Å². The third kappa shape index (κ3) is 3.52. The summed E-state index contributed by atoms with van der Waals surface area (Å²) in [4.78, 5) is 10.7. The molecule has 1 unspecified atom stereocenters. The molecule has 0 aliphatic heterocycles. The molecule has 1 heterocycles. The SMILES string of the molecule is CCc1c(CC(=O)O)nnn1C(C)CCOC. The van der Waals surface area contributed by atoms with Crippen molar-refractivity contribution >= 4 is 5.97 Å². The van der Waals surface area contributed by atoms with Crippen LogP contribution in [0.25, 0.3) is 0 Å². The third-order valence-corrected chi connectivity index (χ3v) is 2.68. The second-order valence-corrected chi connectivity index (χ2v) is 3.98. The van der Waals surface area contributed by atoms with Crippen LogP contribution < -0.4 is 0 Å². The molecule has 0 saturated heterocycles. The number of rotatable bonds is 7. The second kappa shape index (κ2) is 6.34. The highest BCUT2D eigenvalue weighted by molar-refractivity contribution is 5.69. The summed E-state index contributed by atoms with van der Waals surface area (Å²) >= 11 is 0. The summed E-state index contributed by atoms with van der Waals surface area (Å²) in [5.41, 5.74) is 1.46. The van der Waals surface area contributed by atoms with E-state index in [0.29, 0.717) is 12.3 Å². The summed E-state index contributed by atoms with van der Waals surface area (Å²) in [6, 6.07) is 0.167. The van der Waals surface area contributed by atoms with Crippen molar-refractivity contribution < 1.29 is 14.6 Å². The Bertz CT molecular complexity index is 376. The van der Waals surface area contributed by atoms with E-state index >= 15 is 0 Å². The molecule has 0 fully saturated rings. The van der Waals surface area contributed by atoms with Gasteiger partial charge in [0.05, 0.1) is 23.9 Å². The van der Waals surface area contributed by atoms with Crippen LogP contribution in [0, 0.1) is 0 Å². The first-order valence-electron chi connectivity index (χ1n) is 5.73. The number of methoxy groups -OCH3 is 1. The monoisotopic (exact) mass is 241 g/mol. The molecule has 0 saturated carbocycles. The van der Waals surface area contributed by atoms with Crippen molar-refractivity contribution in [1.29, 1.82) is 0 Å². The lowest BCUT2D eigenvalue weighted by Crippen LogP contribution is -2.13. The Hall–Kier alpha value is -1.43. The van der Waals surface area contributed by atoms with Gasteiger partial charge in [0.15, 0.2) is 0 Å². The third-order valence-electron chi connectivity index (χ3n) is 2.68. The number of carboxylic acids is 1. The van der Waals surface area contributed by atoms with Gasteiger partial charge in [-0.2, -0.15) is 0 Å². The van der Waals surface area contributed by atoms with Gasteiger partial charge in [-0.25, -0.2) is 4.68 Å². The number of ether oxygens (including phenoxy) is 1. The van der Waals surface area contributed by atoms with Crippen LogP contribution >= 0.6 is 0 Å². The lowest BCUT2D eigenvalue weighted by molar-refractivity contribution is -0.136. The van der Waals surface area contributed by atoms with E-state index in [0.717, 1.165) is 18.5 Å². The molecule has 96 valence electrons. The van der Waals surface area contributed by atoms with Gasteiger partial charge in [0.25, 0.3) is 0 Å². The maximum Gasteiger partial charge on any atom is 0.309 e. The van der Waals surface area contributed by atoms with Crippen LogP contribution in [0.5, 0.6) is 0 Å². The van der Waals surface area contributed by atoms with E-state index in [1.807, 2.05) is 13.8 Å². The molecule has 6 heteroatoms. The number of nitrogens with zero attached hydrogens (tertiary/aromatic N) is 3. The van der Waals surface area contributed by atoms with Gasteiger partial charge in [0, 0.05) is 13.7 Å². The van der Waals surface area contributed by atoms with Crippen LogP contribution in [0.4, 0.5) is 0 Å². The van der Waals surface area contributed by atoms with Crippen LogP contribution in [-0.2, 0) is 22.4 Å². The van der Waals surface area contributed by atoms with Gasteiger partial charge in [-0.15, -0.1) is 5.10 Å². The summed E-state index contributed by atoms with van der Waals surface area (Å²) in [6.07, 6.45) is 1.49. The first-order chi connectivity index (χ1) is 8.10. The number of aromatic nitrogens is 3. The maximum atomic E-state index is 10.7. The molecule has 1 rings (SSSR count). The average molecular weight is 241 g/mol. The Labute approximate surface area is 101 Å². The predicted octanol–water partition coefficient (Wildman–Crippen LogP) is 1.07. The van der Waals surface area contributed by atoms with Crippen LogP contribution in [0.1, 0.15) is 37.7 Å². The van der Waals surface area contributed by atoms with E-state index < -0.39 is 5.97 Å². The van der Waals surface area contributed by atoms with Gasteiger partial charge in [-0.05, 0) is 19.8 Å². The molecule has 0 spiro atoms. The average Bonchev–Trinajstić information content (AvgIpc) is 2.67. The van der Waals surface area contributed by atoms with E-state index in [9.17, 15) is 4.79 Å². The van der Waals surface area contributed by atoms with Gasteiger partial charge < -0.3 is 9.84 Å². The zero-order valence-electron chi connectivity index (χ0n) is 10.5. The largest absolute Gasteiger partial charge is 0.481 e. The molecule has 1 aromatic heterocycles. The van der Waals surface area contributed by atoms with Gasteiger partial charge in [-0.1, -0.05) is 12.1 Å². The number of hydrogen-bond acceptors (Lipinski definition) is 4. The lowest BCUT2D eigenvalue weighted by atomic mass is 10.2. The Morgan fingerprint density at radius 3 is 2.82 bits per heavy atom. The zero-order chi connectivity index (χ0) is 12.8. The fourth-order valence-electron chi connectivity index (χ4n) is 1.76. The summed E-state index contributed by atoms with van der Waals surface area (Å²) in [7, 11) is 1.66. The Kier molecular flexibility index (Phi) is 5.09. The lowest BCUT2D eigenvalue weighted by Gasteiger charge is -2.13. The fourth-order valence-corrected chi connectivity index (χ4v) is 1.76. The normalized spacial score (nSPS) is 12.6. The van der Waals surface area contributed by atoms with Gasteiger partial charge >= 0.3 is 5.97 Å². The van der Waals surface area contributed by atoms with Crippen molar-refractivity contribution in [1.82, 2.24) is 15.0 Å². The minimum atomic E-state index is -0.878. The van der Waals surface area contributed by atoms with Crippen molar-refractivity contribution in [3.63, 3.8) is 0 Å². The summed E-state index contributed by atoms with van der Waals surface area (Å²) in [5, 5.41) is 16.8. The molecule has 1 N–H and O–H groups in total. The Balaban J connectivity index is 2.85. The summed E-state index contributed by atoms with van der Waals surface area (Å²) in [6.45, 7) is 4.65. The number of carboxylic acid groups (broad SMARTS) is 1. The van der Waals surface area contributed by atoms with Crippen molar-refractivity contribution in [3.05, 3.63) is 11.4 Å². The van der Waals surface area contributed by atoms with Crippen LogP contribution in [0.2, 0.25) is 0 Å². The van der Waals surface area contributed by atoms with E-state index in [1.54, 1.807) is 11.8 Å². The molecule has 1 aromatic rings. The summed E-state index contributed by atoms with van der Waals surface area (Å²) in [5.74, 6) is -0.878. The quantitative estimate of drug-likeness (QED) is 0.772. The minimum Gasteiger partial charge on any atom is -0.481 e. The predicted molar refractivity (Wildman–Crippen MR) is 61.9 cm³/mol. The van der Waals surface area contributed by atoms with Crippen molar-refractivity contribution in [2.24, 2.45) is 0 Å². The molecule has 0 aliphatic rings. The zero-order valence-corrected chi connectivity index (χ0v) is 10.5. The smallest absolute Gasteiger partial charge is 0.309 e. The molecule has 1 atom stereocenters. The van der Waals surface area contributed by atoms with E-state index in [4.69, 9.17) is 9.84 Å². The standard InChI is InChI=1S/C11H19N3O3/c1-4-10-9(7-11(15)16)12-13-14(10)8(2)5-6-17-3/h8H,4-7H2,1-3H3,(H,15,16). The highest BCUT2D eigenvalue weighted by Gasteiger charge is 2.17. The molecule has 0 aliphatic carbocycles. The number of aliphatic carboxylic acids is 1. The topological polar surface area (TPSA) is 77.2 Å². The van der Waals surface area contributed by atoms with Crippen LogP contribution in [0.3, 0.4) is 0 Å². The second-order valence-electron chi connectivity index (χ2n) is 3.98. The minimum absolute atomic E-state index is 0.0693. The number of hydrogen-bond donors (Lipinski definition) is 1. The maximum absolute atomic E-state index is 10.7. The number of carbonyl (C=O) groups is 1. The highest BCUT2D eigenvalue weighted by Crippen LogP contribution is 2.16. The summed E-state index contributed by atoms with van der Waals surface area (Å²) < 4.78 is 6.83. The molecular formula is C11H19N3O3. The van der Waals surface area contributed by atoms with E-state index in [2.05, 4.69) is 10.3 Å². The van der Waals surface area contributed by atoms with E-state index in [1.165, 1.54) is 0 Å². The van der Waals surface area contributed by atoms with Gasteiger partial charge in [-0.3, -0.25) is 4.79 Å². The first-order valence-corrected chi connectivity index (χ1v) is 5.73. The fraction of sp³-hybridized carbons (Fsp3) is 0.727.